The Morgan fingerprint density at radius 3 is 2.60 bits per heavy atom. The average molecular weight is 164 g/mol. The third kappa shape index (κ3) is 2.48. The molecule has 0 aromatic heterocycles. The van der Waals surface area contributed by atoms with Gasteiger partial charge in [-0.3, -0.25) is 0 Å². The van der Waals surface area contributed by atoms with E-state index in [0.717, 1.165) is 13.1 Å². The highest BCUT2D eigenvalue weighted by Gasteiger charge is 2.14. The van der Waals surface area contributed by atoms with Gasteiger partial charge in [0.1, 0.15) is 0 Å². The SMILES string of the molecule is COP(O)NN1CCCC1. The normalized spacial score (nSPS) is 23.4. The maximum absolute atomic E-state index is 9.01. The van der Waals surface area contributed by atoms with Crippen LogP contribution in [0.5, 0.6) is 0 Å². The molecule has 0 radical (unpaired) electrons. The first-order valence-electron chi connectivity index (χ1n) is 3.37. The Labute approximate surface area is 62.1 Å². The third-order valence-electron chi connectivity index (χ3n) is 1.51. The van der Waals surface area contributed by atoms with Gasteiger partial charge in [0, 0.05) is 20.2 Å². The van der Waals surface area contributed by atoms with E-state index in [9.17, 15) is 0 Å². The number of hydrazine groups is 1. The summed E-state index contributed by atoms with van der Waals surface area (Å²) in [4.78, 5) is 9.01. The molecule has 0 saturated carbocycles. The average Bonchev–Trinajstić information content (AvgIpc) is 2.40. The highest BCUT2D eigenvalue weighted by molar-refractivity contribution is 7.43. The van der Waals surface area contributed by atoms with Crippen molar-refractivity contribution in [3.63, 3.8) is 0 Å². The Hall–Kier alpha value is 0.270. The molecular formula is C5H13N2O2P. The summed E-state index contributed by atoms with van der Waals surface area (Å²) in [5.41, 5.74) is 0. The summed E-state index contributed by atoms with van der Waals surface area (Å²) in [5.74, 6) is 0. The molecular weight excluding hydrogens is 151 g/mol. The van der Waals surface area contributed by atoms with Crippen LogP contribution in [0.3, 0.4) is 0 Å². The minimum Gasteiger partial charge on any atom is -0.337 e. The summed E-state index contributed by atoms with van der Waals surface area (Å²) >= 11 is 0. The lowest BCUT2D eigenvalue weighted by molar-refractivity contribution is 0.263. The second-order valence-electron chi connectivity index (χ2n) is 2.25. The van der Waals surface area contributed by atoms with Gasteiger partial charge in [-0.1, -0.05) is 0 Å². The summed E-state index contributed by atoms with van der Waals surface area (Å²) in [5, 5.41) is 4.86. The van der Waals surface area contributed by atoms with Crippen LogP contribution in [0.1, 0.15) is 12.8 Å². The maximum atomic E-state index is 9.01. The van der Waals surface area contributed by atoms with E-state index in [1.165, 1.54) is 20.0 Å². The number of hydrogen-bond donors (Lipinski definition) is 2. The molecule has 0 spiro atoms. The molecule has 1 fully saturated rings. The molecule has 5 heteroatoms. The second-order valence-corrected chi connectivity index (χ2v) is 3.36. The predicted octanol–water partition coefficient (Wildman–Crippen LogP) is 0.452. The van der Waals surface area contributed by atoms with Crippen LogP contribution in [-0.4, -0.2) is 30.1 Å². The van der Waals surface area contributed by atoms with E-state index in [1.54, 1.807) is 0 Å². The van der Waals surface area contributed by atoms with Crippen LogP contribution in [0.25, 0.3) is 0 Å². The number of nitrogens with one attached hydrogen (secondary N) is 1. The maximum Gasteiger partial charge on any atom is 0.267 e. The smallest absolute Gasteiger partial charge is 0.267 e. The van der Waals surface area contributed by atoms with E-state index in [1.807, 2.05) is 5.01 Å². The Balaban J connectivity index is 2.11. The molecule has 10 heavy (non-hydrogen) atoms. The zero-order valence-corrected chi connectivity index (χ0v) is 6.97. The molecule has 0 amide bonds. The van der Waals surface area contributed by atoms with Crippen molar-refractivity contribution in [2.75, 3.05) is 20.2 Å². The van der Waals surface area contributed by atoms with Gasteiger partial charge >= 0.3 is 0 Å². The van der Waals surface area contributed by atoms with Crippen LogP contribution in [-0.2, 0) is 4.52 Å². The molecule has 0 bridgehead atoms. The fraction of sp³-hybridized carbons (Fsp3) is 1.00. The number of nitrogens with zero attached hydrogens (tertiary/aromatic N) is 1. The van der Waals surface area contributed by atoms with Crippen LogP contribution in [0.4, 0.5) is 0 Å². The van der Waals surface area contributed by atoms with Gasteiger partial charge < -0.3 is 9.42 Å². The van der Waals surface area contributed by atoms with Crippen molar-refractivity contribution in [2.24, 2.45) is 0 Å². The quantitative estimate of drug-likeness (QED) is 0.594. The standard InChI is InChI=1S/C5H13N2O2P/c1-9-10(8)6-7-4-2-3-5-7/h6,8H,2-5H2,1H3. The molecule has 1 saturated heterocycles. The molecule has 0 aliphatic carbocycles. The van der Waals surface area contributed by atoms with E-state index >= 15 is 0 Å². The minimum absolute atomic E-state index is 1.02. The Morgan fingerprint density at radius 1 is 1.50 bits per heavy atom. The van der Waals surface area contributed by atoms with Crippen molar-refractivity contribution >= 4 is 8.53 Å². The first-order chi connectivity index (χ1) is 4.83. The molecule has 1 heterocycles. The monoisotopic (exact) mass is 164 g/mol. The lowest BCUT2D eigenvalue weighted by Crippen LogP contribution is -2.31. The van der Waals surface area contributed by atoms with E-state index in [0.29, 0.717) is 0 Å². The van der Waals surface area contributed by atoms with Gasteiger partial charge in [-0.05, 0) is 12.8 Å². The number of hydrogen-bond acceptors (Lipinski definition) is 4. The summed E-state index contributed by atoms with van der Waals surface area (Å²) in [6, 6.07) is 0. The lowest BCUT2D eigenvalue weighted by atomic mass is 10.4. The Bertz CT molecular complexity index is 97.6. The first kappa shape index (κ1) is 8.37. The van der Waals surface area contributed by atoms with Crippen LogP contribution in [0, 0.1) is 0 Å². The van der Waals surface area contributed by atoms with Gasteiger partial charge in [-0.25, -0.2) is 5.01 Å². The molecule has 1 rings (SSSR count). The fourth-order valence-electron chi connectivity index (χ4n) is 0.979. The van der Waals surface area contributed by atoms with Gasteiger partial charge in [0.05, 0.1) is 0 Å². The molecule has 1 atom stereocenters. The van der Waals surface area contributed by atoms with Crippen molar-refractivity contribution in [1.82, 2.24) is 10.2 Å². The van der Waals surface area contributed by atoms with Gasteiger partial charge in [-0.2, -0.15) is 5.20 Å². The summed E-state index contributed by atoms with van der Waals surface area (Å²) in [6.07, 6.45) is 2.42. The summed E-state index contributed by atoms with van der Waals surface area (Å²) in [7, 11) is 0.0814. The molecule has 60 valence electrons. The zero-order chi connectivity index (χ0) is 7.40. The predicted molar refractivity (Wildman–Crippen MR) is 40.1 cm³/mol. The third-order valence-corrected chi connectivity index (χ3v) is 2.31. The second kappa shape index (κ2) is 4.21. The highest BCUT2D eigenvalue weighted by atomic mass is 31.2. The largest absolute Gasteiger partial charge is 0.337 e. The van der Waals surface area contributed by atoms with Crippen molar-refractivity contribution in [3.8, 4) is 0 Å². The van der Waals surface area contributed by atoms with Gasteiger partial charge in [0.15, 0.2) is 0 Å². The fourth-order valence-corrected chi connectivity index (χ4v) is 1.50. The van der Waals surface area contributed by atoms with Gasteiger partial charge in [0.25, 0.3) is 8.53 Å². The van der Waals surface area contributed by atoms with Gasteiger partial charge in [-0.15, -0.1) is 0 Å². The van der Waals surface area contributed by atoms with Crippen LogP contribution in [0.2, 0.25) is 0 Å². The summed E-state index contributed by atoms with van der Waals surface area (Å²) < 4.78 is 4.68. The Morgan fingerprint density at radius 2 is 2.10 bits per heavy atom. The zero-order valence-electron chi connectivity index (χ0n) is 6.08. The number of rotatable bonds is 3. The van der Waals surface area contributed by atoms with Crippen molar-refractivity contribution in [2.45, 2.75) is 12.8 Å². The van der Waals surface area contributed by atoms with Crippen LogP contribution in [0.15, 0.2) is 0 Å². The lowest BCUT2D eigenvalue weighted by Gasteiger charge is -2.18. The van der Waals surface area contributed by atoms with Crippen LogP contribution < -0.4 is 5.20 Å². The van der Waals surface area contributed by atoms with Gasteiger partial charge in [0.2, 0.25) is 0 Å². The topological polar surface area (TPSA) is 44.7 Å². The molecule has 0 aromatic rings. The van der Waals surface area contributed by atoms with E-state index in [2.05, 4.69) is 9.72 Å². The molecule has 1 unspecified atom stereocenters. The van der Waals surface area contributed by atoms with E-state index in [4.69, 9.17) is 4.89 Å². The summed E-state index contributed by atoms with van der Waals surface area (Å²) in [6.45, 7) is 2.03. The van der Waals surface area contributed by atoms with E-state index < -0.39 is 8.53 Å². The molecule has 1 aliphatic heterocycles. The first-order valence-corrected chi connectivity index (χ1v) is 4.58. The van der Waals surface area contributed by atoms with E-state index in [-0.39, 0.29) is 0 Å². The Kier molecular flexibility index (Phi) is 3.52. The molecule has 1 aliphatic rings. The molecule has 4 nitrogen and oxygen atoms in total. The molecule has 0 aromatic carbocycles. The van der Waals surface area contributed by atoms with Crippen molar-refractivity contribution in [1.29, 1.82) is 0 Å². The van der Waals surface area contributed by atoms with Crippen molar-refractivity contribution < 1.29 is 9.42 Å². The van der Waals surface area contributed by atoms with Crippen LogP contribution >= 0.6 is 8.53 Å². The van der Waals surface area contributed by atoms with Crippen molar-refractivity contribution in [3.05, 3.63) is 0 Å². The molecule has 2 N–H and O–H groups in total. The minimum atomic E-state index is -1.41. The highest BCUT2D eigenvalue weighted by Crippen LogP contribution is 2.25.